The van der Waals surface area contributed by atoms with Crippen LogP contribution in [-0.4, -0.2) is 27.3 Å². The third kappa shape index (κ3) is 3.27. The van der Waals surface area contributed by atoms with Crippen LogP contribution < -0.4 is 10.2 Å². The van der Waals surface area contributed by atoms with Gasteiger partial charge in [0.15, 0.2) is 0 Å². The van der Waals surface area contributed by atoms with Crippen LogP contribution in [0.2, 0.25) is 0 Å². The zero-order valence-electron chi connectivity index (χ0n) is 15.1. The summed E-state index contributed by atoms with van der Waals surface area (Å²) in [5, 5.41) is 14.1. The number of rotatable bonds is 4. The molecule has 140 valence electrons. The second-order valence-electron chi connectivity index (χ2n) is 6.53. The highest BCUT2D eigenvalue weighted by atomic mass is 16.6. The van der Waals surface area contributed by atoms with Gasteiger partial charge in [0.05, 0.1) is 10.5 Å². The fourth-order valence-corrected chi connectivity index (χ4v) is 3.29. The van der Waals surface area contributed by atoms with Crippen molar-refractivity contribution in [2.75, 3.05) is 16.8 Å². The molecule has 0 fully saturated rings. The molecule has 1 aliphatic heterocycles. The van der Waals surface area contributed by atoms with E-state index in [0.717, 1.165) is 23.4 Å². The summed E-state index contributed by atoms with van der Waals surface area (Å²) in [5.41, 5.74) is 3.84. The van der Waals surface area contributed by atoms with E-state index in [1.54, 1.807) is 42.4 Å². The average molecular weight is 375 g/mol. The highest BCUT2D eigenvalue weighted by Gasteiger charge is 2.26. The maximum atomic E-state index is 12.7. The number of aromatic nitrogens is 2. The van der Waals surface area contributed by atoms with E-state index in [4.69, 9.17) is 0 Å². The highest BCUT2D eigenvalue weighted by molar-refractivity contribution is 6.07. The number of nitro groups is 1. The number of aryl methyl sites for hydroxylation is 1. The number of nitrogens with one attached hydrogen (secondary N) is 1. The van der Waals surface area contributed by atoms with Gasteiger partial charge in [-0.3, -0.25) is 19.9 Å². The number of anilines is 3. The van der Waals surface area contributed by atoms with Crippen LogP contribution in [0.5, 0.6) is 0 Å². The van der Waals surface area contributed by atoms with Gasteiger partial charge >= 0.3 is 0 Å². The van der Waals surface area contributed by atoms with Crippen molar-refractivity contribution in [3.05, 3.63) is 81.8 Å². The number of nitrogens with zero attached hydrogens (tertiary/aromatic N) is 4. The van der Waals surface area contributed by atoms with Crippen molar-refractivity contribution in [2.24, 2.45) is 0 Å². The maximum Gasteiger partial charge on any atom is 0.290 e. The first-order valence-electron chi connectivity index (χ1n) is 8.76. The lowest BCUT2D eigenvalue weighted by Crippen LogP contribution is -2.28. The van der Waals surface area contributed by atoms with E-state index in [1.165, 1.54) is 6.20 Å². The highest BCUT2D eigenvalue weighted by Crippen LogP contribution is 2.32. The minimum atomic E-state index is -0.449. The molecule has 0 unspecified atom stereocenters. The fraction of sp³-hybridized carbons (Fsp3) is 0.150. The molecule has 0 aliphatic carbocycles. The van der Waals surface area contributed by atoms with Gasteiger partial charge in [-0.2, -0.15) is 0 Å². The molecular weight excluding hydrogens is 358 g/mol. The van der Waals surface area contributed by atoms with Crippen molar-refractivity contribution in [2.45, 2.75) is 13.3 Å². The summed E-state index contributed by atoms with van der Waals surface area (Å²) >= 11 is 0. The molecule has 0 bridgehead atoms. The zero-order chi connectivity index (χ0) is 19.7. The lowest BCUT2D eigenvalue weighted by Gasteiger charge is -2.17. The monoisotopic (exact) mass is 375 g/mol. The van der Waals surface area contributed by atoms with Crippen molar-refractivity contribution in [1.29, 1.82) is 0 Å². The molecule has 1 N–H and O–H groups in total. The first kappa shape index (κ1) is 17.6. The van der Waals surface area contributed by atoms with Crippen LogP contribution >= 0.6 is 0 Å². The summed E-state index contributed by atoms with van der Waals surface area (Å²) in [7, 11) is 0. The molecule has 8 heteroatoms. The molecule has 1 aromatic carbocycles. The molecule has 2 aromatic heterocycles. The van der Waals surface area contributed by atoms with E-state index in [9.17, 15) is 14.9 Å². The lowest BCUT2D eigenvalue weighted by molar-refractivity contribution is -0.385. The molecule has 0 saturated heterocycles. The van der Waals surface area contributed by atoms with Crippen LogP contribution in [0.4, 0.5) is 22.9 Å². The Labute approximate surface area is 161 Å². The van der Waals surface area contributed by atoms with Crippen molar-refractivity contribution in [1.82, 2.24) is 9.97 Å². The van der Waals surface area contributed by atoms with E-state index in [0.29, 0.717) is 23.5 Å². The SMILES string of the molecule is Cc1cc(Nc2ccc3c(c2)CCN3C(=O)c2cccnc2)ncc1[N+](=O)[O-]. The number of hydrogen-bond donors (Lipinski definition) is 1. The summed E-state index contributed by atoms with van der Waals surface area (Å²) in [6, 6.07) is 10.9. The molecular formula is C20H17N5O3. The first-order valence-corrected chi connectivity index (χ1v) is 8.76. The summed E-state index contributed by atoms with van der Waals surface area (Å²) in [6.07, 6.45) is 5.21. The van der Waals surface area contributed by atoms with Gasteiger partial charge < -0.3 is 10.2 Å². The number of fused-ring (bicyclic) bond motifs is 1. The Hall–Kier alpha value is -3.81. The largest absolute Gasteiger partial charge is 0.340 e. The Morgan fingerprint density at radius 3 is 2.82 bits per heavy atom. The molecule has 28 heavy (non-hydrogen) atoms. The molecule has 1 amide bonds. The van der Waals surface area contributed by atoms with Crippen molar-refractivity contribution in [3.8, 4) is 0 Å². The summed E-state index contributed by atoms with van der Waals surface area (Å²) < 4.78 is 0. The summed E-state index contributed by atoms with van der Waals surface area (Å²) in [5.74, 6) is 0.463. The van der Waals surface area contributed by atoms with Gasteiger partial charge in [0.2, 0.25) is 0 Å². The first-order chi connectivity index (χ1) is 13.5. The molecule has 4 rings (SSSR count). The second-order valence-corrected chi connectivity index (χ2v) is 6.53. The number of carbonyl (C=O) groups excluding carboxylic acids is 1. The predicted octanol–water partition coefficient (Wildman–Crippen LogP) is 3.64. The third-order valence-corrected chi connectivity index (χ3v) is 4.68. The third-order valence-electron chi connectivity index (χ3n) is 4.68. The fourth-order valence-electron chi connectivity index (χ4n) is 3.29. The normalized spacial score (nSPS) is 12.5. The van der Waals surface area contributed by atoms with Crippen LogP contribution in [-0.2, 0) is 6.42 Å². The molecule has 0 spiro atoms. The number of pyridine rings is 2. The minimum Gasteiger partial charge on any atom is -0.340 e. The zero-order valence-corrected chi connectivity index (χ0v) is 15.1. The maximum absolute atomic E-state index is 12.7. The molecule has 0 saturated carbocycles. The lowest BCUT2D eigenvalue weighted by atomic mass is 10.1. The average Bonchev–Trinajstić information content (AvgIpc) is 3.11. The van der Waals surface area contributed by atoms with Crippen molar-refractivity contribution < 1.29 is 9.72 Å². The van der Waals surface area contributed by atoms with Gasteiger partial charge in [0, 0.05) is 35.9 Å². The predicted molar refractivity (Wildman–Crippen MR) is 105 cm³/mol. The van der Waals surface area contributed by atoms with Gasteiger partial charge in [-0.15, -0.1) is 0 Å². The minimum absolute atomic E-state index is 0.0101. The summed E-state index contributed by atoms with van der Waals surface area (Å²) in [4.78, 5) is 33.1. The standard InChI is InChI=1S/C20H17N5O3/c1-13-9-19(22-12-18(13)25(27)28)23-16-4-5-17-14(10-16)6-8-24(17)20(26)15-3-2-7-21-11-15/h2-5,7,9-12H,6,8H2,1H3,(H,22,23). The molecule has 0 radical (unpaired) electrons. The number of hydrogen-bond acceptors (Lipinski definition) is 6. The van der Waals surface area contributed by atoms with Gasteiger partial charge in [-0.1, -0.05) is 0 Å². The number of amides is 1. The molecule has 8 nitrogen and oxygen atoms in total. The smallest absolute Gasteiger partial charge is 0.290 e. The van der Waals surface area contributed by atoms with Crippen LogP contribution in [0.25, 0.3) is 0 Å². The van der Waals surface area contributed by atoms with Crippen molar-refractivity contribution >= 4 is 28.8 Å². The van der Waals surface area contributed by atoms with Crippen LogP contribution in [0, 0.1) is 17.0 Å². The van der Waals surface area contributed by atoms with Crippen LogP contribution in [0.1, 0.15) is 21.5 Å². The van der Waals surface area contributed by atoms with Crippen LogP contribution in [0.15, 0.2) is 55.0 Å². The molecule has 3 aromatic rings. The van der Waals surface area contributed by atoms with Gasteiger partial charge in [-0.05, 0) is 55.3 Å². The Balaban J connectivity index is 1.55. The van der Waals surface area contributed by atoms with Gasteiger partial charge in [-0.25, -0.2) is 4.98 Å². The quantitative estimate of drug-likeness (QED) is 0.552. The Morgan fingerprint density at radius 1 is 1.25 bits per heavy atom. The van der Waals surface area contributed by atoms with E-state index >= 15 is 0 Å². The Bertz CT molecular complexity index is 1070. The van der Waals surface area contributed by atoms with Gasteiger partial charge in [0.25, 0.3) is 11.6 Å². The Kier molecular flexibility index (Phi) is 4.44. The number of carbonyl (C=O) groups is 1. The topological polar surface area (TPSA) is 101 Å². The van der Waals surface area contributed by atoms with Crippen molar-refractivity contribution in [3.63, 3.8) is 0 Å². The Morgan fingerprint density at radius 2 is 2.11 bits per heavy atom. The molecule has 3 heterocycles. The van der Waals surface area contributed by atoms with E-state index < -0.39 is 4.92 Å². The summed E-state index contributed by atoms with van der Waals surface area (Å²) in [6.45, 7) is 2.29. The van der Waals surface area contributed by atoms with E-state index in [1.807, 2.05) is 18.2 Å². The van der Waals surface area contributed by atoms with E-state index in [2.05, 4.69) is 15.3 Å². The second kappa shape index (κ2) is 7.07. The van der Waals surface area contributed by atoms with Gasteiger partial charge in [0.1, 0.15) is 12.0 Å². The number of benzene rings is 1. The molecule has 1 aliphatic rings. The van der Waals surface area contributed by atoms with E-state index in [-0.39, 0.29) is 11.6 Å². The van der Waals surface area contributed by atoms with Crippen LogP contribution in [0.3, 0.4) is 0 Å². The molecule has 0 atom stereocenters.